The molecule has 0 aromatic heterocycles. The van der Waals surface area contributed by atoms with Crippen molar-refractivity contribution in [1.82, 2.24) is 15.5 Å². The standard InChI is InChI=1S/C20H32N4O3/c1-15(2)19(25)24-12-10-16(14-24)23-20(21-3)22-11-5-13-27-18-8-6-17(26-4)7-9-18/h6-9,15-16H,5,10-14H2,1-4H3,(H2,21,22,23). The van der Waals surface area contributed by atoms with Gasteiger partial charge in [0.05, 0.1) is 13.7 Å². The van der Waals surface area contributed by atoms with Crippen LogP contribution < -0.4 is 20.1 Å². The lowest BCUT2D eigenvalue weighted by molar-refractivity contribution is -0.133. The van der Waals surface area contributed by atoms with Gasteiger partial charge in [0.25, 0.3) is 0 Å². The molecule has 7 nitrogen and oxygen atoms in total. The molecule has 27 heavy (non-hydrogen) atoms. The predicted octanol–water partition coefficient (Wildman–Crippen LogP) is 1.89. The third kappa shape index (κ3) is 6.66. The lowest BCUT2D eigenvalue weighted by atomic mass is 10.2. The first-order valence-electron chi connectivity index (χ1n) is 9.56. The van der Waals surface area contributed by atoms with E-state index in [1.807, 2.05) is 43.0 Å². The van der Waals surface area contributed by atoms with Gasteiger partial charge in [-0.05, 0) is 37.1 Å². The molecule has 1 saturated heterocycles. The Kier molecular flexibility index (Phi) is 8.23. The smallest absolute Gasteiger partial charge is 0.225 e. The second-order valence-electron chi connectivity index (χ2n) is 6.95. The van der Waals surface area contributed by atoms with Crippen LogP contribution in [0.5, 0.6) is 11.5 Å². The average molecular weight is 377 g/mol. The monoisotopic (exact) mass is 376 g/mol. The first-order chi connectivity index (χ1) is 13.0. The first kappa shape index (κ1) is 20.9. The molecular formula is C20H32N4O3. The van der Waals surface area contributed by atoms with Crippen LogP contribution in [-0.4, -0.2) is 63.2 Å². The van der Waals surface area contributed by atoms with Gasteiger partial charge in [-0.15, -0.1) is 0 Å². The van der Waals surface area contributed by atoms with E-state index in [0.717, 1.165) is 49.9 Å². The molecule has 0 bridgehead atoms. The van der Waals surface area contributed by atoms with Crippen LogP contribution in [0, 0.1) is 5.92 Å². The zero-order valence-electron chi connectivity index (χ0n) is 16.8. The Morgan fingerprint density at radius 1 is 1.30 bits per heavy atom. The number of hydrogen-bond acceptors (Lipinski definition) is 4. The maximum atomic E-state index is 12.1. The Bertz CT molecular complexity index is 616. The van der Waals surface area contributed by atoms with Gasteiger partial charge in [-0.25, -0.2) is 0 Å². The van der Waals surface area contributed by atoms with E-state index in [9.17, 15) is 4.79 Å². The molecule has 1 aliphatic heterocycles. The second kappa shape index (κ2) is 10.6. The summed E-state index contributed by atoms with van der Waals surface area (Å²) < 4.78 is 10.8. The van der Waals surface area contributed by atoms with E-state index < -0.39 is 0 Å². The molecule has 2 rings (SSSR count). The van der Waals surface area contributed by atoms with Gasteiger partial charge in [0.15, 0.2) is 5.96 Å². The number of likely N-dealkylation sites (tertiary alicyclic amines) is 1. The third-order valence-corrected chi connectivity index (χ3v) is 4.50. The van der Waals surface area contributed by atoms with Gasteiger partial charge in [0, 0.05) is 38.6 Å². The summed E-state index contributed by atoms with van der Waals surface area (Å²) in [6.07, 6.45) is 1.80. The number of nitrogens with one attached hydrogen (secondary N) is 2. The summed E-state index contributed by atoms with van der Waals surface area (Å²) in [4.78, 5) is 18.3. The fourth-order valence-electron chi connectivity index (χ4n) is 2.97. The zero-order valence-corrected chi connectivity index (χ0v) is 16.8. The van der Waals surface area contributed by atoms with E-state index in [0.29, 0.717) is 6.61 Å². The van der Waals surface area contributed by atoms with Gasteiger partial charge in [-0.1, -0.05) is 13.8 Å². The number of benzene rings is 1. The molecule has 1 aliphatic rings. The molecule has 1 aromatic rings. The number of methoxy groups -OCH3 is 1. The Balaban J connectivity index is 1.63. The molecule has 0 saturated carbocycles. The van der Waals surface area contributed by atoms with Crippen molar-refractivity contribution in [2.24, 2.45) is 10.9 Å². The molecule has 1 heterocycles. The fourth-order valence-corrected chi connectivity index (χ4v) is 2.97. The number of guanidine groups is 1. The minimum atomic E-state index is 0.0480. The van der Waals surface area contributed by atoms with Gasteiger partial charge in [0.2, 0.25) is 5.91 Å². The largest absolute Gasteiger partial charge is 0.497 e. The number of aliphatic imine (C=N–C) groups is 1. The van der Waals surface area contributed by atoms with Crippen molar-refractivity contribution in [1.29, 1.82) is 0 Å². The average Bonchev–Trinajstić information content (AvgIpc) is 3.15. The van der Waals surface area contributed by atoms with Crippen LogP contribution in [0.25, 0.3) is 0 Å². The van der Waals surface area contributed by atoms with Gasteiger partial charge in [0.1, 0.15) is 11.5 Å². The van der Waals surface area contributed by atoms with E-state index in [-0.39, 0.29) is 17.9 Å². The van der Waals surface area contributed by atoms with Gasteiger partial charge >= 0.3 is 0 Å². The lowest BCUT2D eigenvalue weighted by Gasteiger charge is -2.20. The van der Waals surface area contributed by atoms with E-state index in [4.69, 9.17) is 9.47 Å². The van der Waals surface area contributed by atoms with Crippen molar-refractivity contribution in [2.45, 2.75) is 32.7 Å². The Hall–Kier alpha value is -2.44. The SMILES string of the molecule is CN=C(NCCCOc1ccc(OC)cc1)NC1CCN(C(=O)C(C)C)C1. The number of rotatable bonds is 8. The summed E-state index contributed by atoms with van der Waals surface area (Å²) in [5.74, 6) is 2.69. The Morgan fingerprint density at radius 3 is 2.63 bits per heavy atom. The topological polar surface area (TPSA) is 75.2 Å². The molecule has 1 atom stereocenters. The van der Waals surface area contributed by atoms with E-state index in [2.05, 4.69) is 15.6 Å². The molecule has 7 heteroatoms. The highest BCUT2D eigenvalue weighted by Gasteiger charge is 2.27. The lowest BCUT2D eigenvalue weighted by Crippen LogP contribution is -2.45. The summed E-state index contributed by atoms with van der Waals surface area (Å²) in [5.41, 5.74) is 0. The molecule has 2 N–H and O–H groups in total. The van der Waals surface area contributed by atoms with Gasteiger partial charge in [-0.2, -0.15) is 0 Å². The third-order valence-electron chi connectivity index (χ3n) is 4.50. The molecule has 1 fully saturated rings. The van der Waals surface area contributed by atoms with E-state index in [1.165, 1.54) is 0 Å². The summed E-state index contributed by atoms with van der Waals surface area (Å²) in [6, 6.07) is 7.81. The Labute approximate surface area is 162 Å². The van der Waals surface area contributed by atoms with Crippen molar-refractivity contribution in [3.8, 4) is 11.5 Å². The number of ether oxygens (including phenoxy) is 2. The summed E-state index contributed by atoms with van der Waals surface area (Å²) in [7, 11) is 3.41. The number of amides is 1. The molecule has 150 valence electrons. The van der Waals surface area contributed by atoms with Gasteiger partial charge in [-0.3, -0.25) is 9.79 Å². The van der Waals surface area contributed by atoms with E-state index in [1.54, 1.807) is 14.2 Å². The van der Waals surface area contributed by atoms with E-state index >= 15 is 0 Å². The predicted molar refractivity (Wildman–Crippen MR) is 107 cm³/mol. The number of carbonyl (C=O) groups is 1. The summed E-state index contributed by atoms with van der Waals surface area (Å²) >= 11 is 0. The number of nitrogens with zero attached hydrogens (tertiary/aromatic N) is 2. The van der Waals surface area contributed by atoms with Gasteiger partial charge < -0.3 is 25.0 Å². The number of carbonyl (C=O) groups excluding carboxylic acids is 1. The van der Waals surface area contributed by atoms with Crippen LogP contribution in [0.2, 0.25) is 0 Å². The molecule has 1 amide bonds. The van der Waals surface area contributed by atoms with Crippen molar-refractivity contribution < 1.29 is 14.3 Å². The first-order valence-corrected chi connectivity index (χ1v) is 9.56. The molecule has 1 aromatic carbocycles. The maximum Gasteiger partial charge on any atom is 0.225 e. The van der Waals surface area contributed by atoms with Crippen LogP contribution >= 0.6 is 0 Å². The van der Waals surface area contributed by atoms with Crippen LogP contribution in [0.3, 0.4) is 0 Å². The highest BCUT2D eigenvalue weighted by atomic mass is 16.5. The molecule has 0 aliphatic carbocycles. The Morgan fingerprint density at radius 2 is 2.00 bits per heavy atom. The molecule has 0 radical (unpaired) electrons. The van der Waals surface area contributed by atoms with Crippen LogP contribution in [-0.2, 0) is 4.79 Å². The zero-order chi connectivity index (χ0) is 19.6. The second-order valence-corrected chi connectivity index (χ2v) is 6.95. The fraction of sp³-hybridized carbons (Fsp3) is 0.600. The molecular weight excluding hydrogens is 344 g/mol. The molecule has 1 unspecified atom stereocenters. The quantitative estimate of drug-likeness (QED) is 0.412. The highest BCUT2D eigenvalue weighted by molar-refractivity contribution is 5.81. The minimum absolute atomic E-state index is 0.0480. The molecule has 0 spiro atoms. The van der Waals surface area contributed by atoms with Crippen molar-refractivity contribution in [2.75, 3.05) is 40.4 Å². The summed E-state index contributed by atoms with van der Waals surface area (Å²) in [6.45, 7) is 6.81. The van der Waals surface area contributed by atoms with Crippen LogP contribution in [0.15, 0.2) is 29.3 Å². The summed E-state index contributed by atoms with van der Waals surface area (Å²) in [5, 5.41) is 6.70. The van der Waals surface area contributed by atoms with Crippen molar-refractivity contribution in [3.05, 3.63) is 24.3 Å². The van der Waals surface area contributed by atoms with Crippen LogP contribution in [0.1, 0.15) is 26.7 Å². The normalized spacial score (nSPS) is 17.1. The van der Waals surface area contributed by atoms with Crippen molar-refractivity contribution in [3.63, 3.8) is 0 Å². The minimum Gasteiger partial charge on any atom is -0.497 e. The van der Waals surface area contributed by atoms with Crippen molar-refractivity contribution >= 4 is 11.9 Å². The maximum absolute atomic E-state index is 12.1. The van der Waals surface area contributed by atoms with Crippen LogP contribution in [0.4, 0.5) is 0 Å². The highest BCUT2D eigenvalue weighted by Crippen LogP contribution is 2.17. The number of hydrogen-bond donors (Lipinski definition) is 2.